The van der Waals surface area contributed by atoms with E-state index in [1.807, 2.05) is 0 Å². The molecule has 1 rings (SSSR count). The molecule has 0 aromatic carbocycles. The highest BCUT2D eigenvalue weighted by Gasteiger charge is 2.30. The van der Waals surface area contributed by atoms with E-state index in [1.165, 1.54) is 5.57 Å². The van der Waals surface area contributed by atoms with Gasteiger partial charge in [-0.25, -0.2) is 0 Å². The Bertz CT molecular complexity index is 287. The van der Waals surface area contributed by atoms with Crippen LogP contribution in [0.15, 0.2) is 22.8 Å². The van der Waals surface area contributed by atoms with Crippen LogP contribution in [0, 0.1) is 5.41 Å². The molecule has 0 aromatic heterocycles. The number of allylic oxidation sites excluding steroid dienone is 4. The zero-order valence-electron chi connectivity index (χ0n) is 10.7. The van der Waals surface area contributed by atoms with E-state index in [-0.39, 0.29) is 0 Å². The summed E-state index contributed by atoms with van der Waals surface area (Å²) in [4.78, 5) is 0. The van der Waals surface area contributed by atoms with E-state index in [4.69, 9.17) is 0 Å². The maximum Gasteiger partial charge on any atom is 0.0431 e. The highest BCUT2D eigenvalue weighted by atomic mass is 28.3. The topological polar surface area (TPSA) is 0 Å². The van der Waals surface area contributed by atoms with Gasteiger partial charge in [0.05, 0.1) is 0 Å². The minimum absolute atomic E-state index is 0.322. The van der Waals surface area contributed by atoms with Crippen molar-refractivity contribution in [2.24, 2.45) is 5.41 Å². The molecule has 0 N–H and O–H groups in total. The Morgan fingerprint density at radius 2 is 1.64 bits per heavy atom. The van der Waals surface area contributed by atoms with Crippen molar-refractivity contribution in [1.29, 1.82) is 0 Å². The van der Waals surface area contributed by atoms with Gasteiger partial charge in [-0.2, -0.15) is 0 Å². The van der Waals surface area contributed by atoms with Crippen LogP contribution in [0.25, 0.3) is 0 Å². The summed E-state index contributed by atoms with van der Waals surface area (Å²) in [5.74, 6) is 0. The van der Waals surface area contributed by atoms with Crippen molar-refractivity contribution in [2.75, 3.05) is 0 Å². The molecule has 14 heavy (non-hydrogen) atoms. The molecular formula is C13H24Si. The second kappa shape index (κ2) is 3.69. The molecule has 0 bridgehead atoms. The Morgan fingerprint density at radius 3 is 1.86 bits per heavy atom. The zero-order chi connectivity index (χ0) is 11.1. The number of hydrogen-bond donors (Lipinski definition) is 0. The van der Waals surface area contributed by atoms with Gasteiger partial charge in [-0.05, 0) is 30.4 Å². The minimum Gasteiger partial charge on any atom is -0.0772 e. The van der Waals surface area contributed by atoms with Gasteiger partial charge in [0, 0.05) is 8.80 Å². The molecule has 1 atom stereocenters. The van der Waals surface area contributed by atoms with Gasteiger partial charge in [0.2, 0.25) is 0 Å². The van der Waals surface area contributed by atoms with E-state index < -0.39 is 8.80 Å². The first-order chi connectivity index (χ1) is 6.25. The molecule has 1 aliphatic carbocycles. The lowest BCUT2D eigenvalue weighted by Crippen LogP contribution is -2.13. The van der Waals surface area contributed by atoms with Crippen molar-refractivity contribution >= 4 is 8.80 Å². The summed E-state index contributed by atoms with van der Waals surface area (Å²) < 4.78 is 0. The molecule has 0 aromatic rings. The van der Waals surface area contributed by atoms with Gasteiger partial charge < -0.3 is 0 Å². The van der Waals surface area contributed by atoms with Crippen molar-refractivity contribution in [3.63, 3.8) is 0 Å². The lowest BCUT2D eigenvalue weighted by Gasteiger charge is -2.24. The molecule has 0 fully saturated rings. The maximum absolute atomic E-state index is 2.51. The van der Waals surface area contributed by atoms with Gasteiger partial charge in [-0.1, -0.05) is 51.1 Å². The van der Waals surface area contributed by atoms with Crippen molar-refractivity contribution in [1.82, 2.24) is 0 Å². The molecule has 1 heteroatoms. The Kier molecular flexibility index (Phi) is 3.10. The maximum atomic E-state index is 2.51. The van der Waals surface area contributed by atoms with Crippen molar-refractivity contribution in [2.45, 2.75) is 53.3 Å². The van der Waals surface area contributed by atoms with Gasteiger partial charge in [0.25, 0.3) is 0 Å². The SMILES string of the molecule is CC1=CC([SiH](C)C)C(C)=C1C(C)(C)C. The van der Waals surface area contributed by atoms with Crippen molar-refractivity contribution in [3.8, 4) is 0 Å². The van der Waals surface area contributed by atoms with E-state index in [0.29, 0.717) is 5.41 Å². The largest absolute Gasteiger partial charge is 0.0772 e. The number of rotatable bonds is 1. The van der Waals surface area contributed by atoms with Gasteiger partial charge in [0.1, 0.15) is 0 Å². The molecule has 1 aliphatic rings. The average molecular weight is 208 g/mol. The fraction of sp³-hybridized carbons (Fsp3) is 0.692. The second-order valence-electron chi connectivity index (χ2n) is 5.93. The lowest BCUT2D eigenvalue weighted by molar-refractivity contribution is 0.507. The summed E-state index contributed by atoms with van der Waals surface area (Å²) in [6.07, 6.45) is 2.51. The van der Waals surface area contributed by atoms with Crippen LogP contribution in [0.2, 0.25) is 18.6 Å². The van der Waals surface area contributed by atoms with E-state index >= 15 is 0 Å². The predicted octanol–water partition coefficient (Wildman–Crippen LogP) is 4.17. The summed E-state index contributed by atoms with van der Waals surface area (Å²) in [6, 6.07) is 0. The molecular weight excluding hydrogens is 184 g/mol. The van der Waals surface area contributed by atoms with Crippen LogP contribution < -0.4 is 0 Å². The van der Waals surface area contributed by atoms with Gasteiger partial charge in [-0.15, -0.1) is 0 Å². The van der Waals surface area contributed by atoms with E-state index in [0.717, 1.165) is 5.54 Å². The fourth-order valence-corrected chi connectivity index (χ4v) is 4.67. The fourth-order valence-electron chi connectivity index (χ4n) is 2.83. The molecule has 0 saturated heterocycles. The second-order valence-corrected chi connectivity index (χ2v) is 9.13. The monoisotopic (exact) mass is 208 g/mol. The predicted molar refractivity (Wildman–Crippen MR) is 68.5 cm³/mol. The summed E-state index contributed by atoms with van der Waals surface area (Å²) in [5.41, 5.74) is 5.92. The third kappa shape index (κ3) is 2.03. The van der Waals surface area contributed by atoms with Crippen LogP contribution in [0.5, 0.6) is 0 Å². The standard InChI is InChI=1S/C13H24Si/c1-9-8-11(14(6)7)10(2)12(9)13(3,4)5/h8,11,14H,1-7H3. The zero-order valence-corrected chi connectivity index (χ0v) is 11.9. The van der Waals surface area contributed by atoms with Crippen LogP contribution in [-0.4, -0.2) is 8.80 Å². The Labute approximate surface area is 90.7 Å². The van der Waals surface area contributed by atoms with Crippen LogP contribution in [0.3, 0.4) is 0 Å². The van der Waals surface area contributed by atoms with Crippen LogP contribution >= 0.6 is 0 Å². The molecule has 0 saturated carbocycles. The van der Waals surface area contributed by atoms with E-state index in [9.17, 15) is 0 Å². The van der Waals surface area contributed by atoms with Gasteiger partial charge in [-0.3, -0.25) is 0 Å². The minimum atomic E-state index is -0.564. The molecule has 0 spiro atoms. The third-order valence-electron chi connectivity index (χ3n) is 3.19. The summed E-state index contributed by atoms with van der Waals surface area (Å²) in [6.45, 7) is 16.5. The molecule has 0 aliphatic heterocycles. The quantitative estimate of drug-likeness (QED) is 0.568. The normalized spacial score (nSPS) is 23.4. The smallest absolute Gasteiger partial charge is 0.0431 e. The third-order valence-corrected chi connectivity index (χ3v) is 5.32. The first kappa shape index (κ1) is 11.8. The summed E-state index contributed by atoms with van der Waals surface area (Å²) in [7, 11) is -0.564. The Balaban J connectivity index is 3.13. The molecule has 0 radical (unpaired) electrons. The molecule has 1 unspecified atom stereocenters. The highest BCUT2D eigenvalue weighted by Crippen LogP contribution is 2.44. The molecule has 0 amide bonds. The van der Waals surface area contributed by atoms with Crippen LogP contribution in [0.1, 0.15) is 34.6 Å². The highest BCUT2D eigenvalue weighted by molar-refractivity contribution is 6.59. The first-order valence-electron chi connectivity index (χ1n) is 5.65. The van der Waals surface area contributed by atoms with Gasteiger partial charge in [0.15, 0.2) is 0 Å². The van der Waals surface area contributed by atoms with Crippen LogP contribution in [0.4, 0.5) is 0 Å². The van der Waals surface area contributed by atoms with Crippen molar-refractivity contribution < 1.29 is 0 Å². The summed E-state index contributed by atoms with van der Waals surface area (Å²) >= 11 is 0. The molecule has 80 valence electrons. The van der Waals surface area contributed by atoms with E-state index in [2.05, 4.69) is 53.8 Å². The van der Waals surface area contributed by atoms with Gasteiger partial charge >= 0.3 is 0 Å². The lowest BCUT2D eigenvalue weighted by atomic mass is 9.82. The molecule has 0 heterocycles. The summed E-state index contributed by atoms with van der Waals surface area (Å²) in [5, 5.41) is 0. The Hall–Kier alpha value is -0.303. The average Bonchev–Trinajstić information content (AvgIpc) is 2.24. The first-order valence-corrected chi connectivity index (χ1v) is 8.62. The van der Waals surface area contributed by atoms with Crippen molar-refractivity contribution in [3.05, 3.63) is 22.8 Å². The van der Waals surface area contributed by atoms with Crippen LogP contribution in [-0.2, 0) is 0 Å². The Morgan fingerprint density at radius 1 is 1.14 bits per heavy atom. The number of hydrogen-bond acceptors (Lipinski definition) is 0. The van der Waals surface area contributed by atoms with E-state index in [1.54, 1.807) is 11.1 Å². The molecule has 0 nitrogen and oxygen atoms in total.